The van der Waals surface area contributed by atoms with Crippen molar-refractivity contribution in [2.75, 3.05) is 12.8 Å². The average Bonchev–Trinajstić information content (AvgIpc) is 2.18. The molecule has 1 aliphatic rings. The third kappa shape index (κ3) is 5.94. The summed E-state index contributed by atoms with van der Waals surface area (Å²) in [6.07, 6.45) is 9.11. The summed E-state index contributed by atoms with van der Waals surface area (Å²) in [4.78, 5) is 0. The molecule has 2 heteroatoms. The molecule has 0 heterocycles. The van der Waals surface area contributed by atoms with Gasteiger partial charge in [0.2, 0.25) is 0 Å². The minimum absolute atomic E-state index is 0.999. The van der Waals surface area contributed by atoms with E-state index in [1.165, 1.54) is 24.0 Å². The van der Waals surface area contributed by atoms with E-state index in [0.717, 1.165) is 6.54 Å². The molecule has 0 aromatic heterocycles. The quantitative estimate of drug-likeness (QED) is 0.698. The molecule has 1 N–H and O–H groups in total. The molecule has 0 saturated heterocycles. The molecule has 0 fully saturated rings. The molecule has 0 aromatic rings. The topological polar surface area (TPSA) is 12.0 Å². The fourth-order valence-electron chi connectivity index (χ4n) is 1.21. The Labute approximate surface area is 86.8 Å². The number of nitrogens with one attached hydrogen (secondary N) is 1. The first kappa shape index (κ1) is 12.8. The van der Waals surface area contributed by atoms with Gasteiger partial charge in [-0.25, -0.2) is 0 Å². The lowest BCUT2D eigenvalue weighted by atomic mass is 10.0. The van der Waals surface area contributed by atoms with Crippen molar-refractivity contribution in [3.63, 3.8) is 0 Å². The zero-order valence-electron chi connectivity index (χ0n) is 9.18. The molecule has 76 valence electrons. The van der Waals surface area contributed by atoms with Crippen LogP contribution in [0.15, 0.2) is 23.3 Å². The molecule has 0 aromatic carbocycles. The lowest BCUT2D eigenvalue weighted by Crippen LogP contribution is -2.08. The zero-order chi connectivity index (χ0) is 10.1. The van der Waals surface area contributed by atoms with Gasteiger partial charge >= 0.3 is 0 Å². The van der Waals surface area contributed by atoms with E-state index in [-0.39, 0.29) is 0 Å². The van der Waals surface area contributed by atoms with E-state index < -0.39 is 0 Å². The highest BCUT2D eigenvalue weighted by molar-refractivity contribution is 7.96. The Hall–Kier alpha value is -0.210. The molecule has 0 radical (unpaired) electrons. The number of hydrogen-bond acceptors (Lipinski definition) is 2. The Morgan fingerprint density at radius 1 is 1.46 bits per heavy atom. The van der Waals surface area contributed by atoms with E-state index in [1.807, 2.05) is 13.8 Å². The molecule has 0 spiro atoms. The molecule has 0 unspecified atom stereocenters. The van der Waals surface area contributed by atoms with E-state index in [9.17, 15) is 0 Å². The van der Waals surface area contributed by atoms with Gasteiger partial charge in [0.1, 0.15) is 0 Å². The van der Waals surface area contributed by atoms with Crippen LogP contribution in [0.25, 0.3) is 0 Å². The summed E-state index contributed by atoms with van der Waals surface area (Å²) in [5.41, 5.74) is 2.94. The fourth-order valence-corrected chi connectivity index (χ4v) is 1.52. The van der Waals surface area contributed by atoms with Crippen molar-refractivity contribution in [1.29, 1.82) is 0 Å². The number of allylic oxidation sites excluding steroid dienone is 2. The van der Waals surface area contributed by atoms with Crippen LogP contribution in [-0.2, 0) is 0 Å². The average molecular weight is 199 g/mol. The third-order valence-electron chi connectivity index (χ3n) is 1.80. The van der Waals surface area contributed by atoms with Crippen LogP contribution in [0, 0.1) is 0 Å². The molecular formula is C11H21NS. The van der Waals surface area contributed by atoms with E-state index >= 15 is 0 Å². The largest absolute Gasteiger partial charge is 0.260 e. The second-order valence-corrected chi connectivity index (χ2v) is 3.53. The minimum Gasteiger partial charge on any atom is -0.260 e. The van der Waals surface area contributed by atoms with E-state index in [4.69, 9.17) is 0 Å². The zero-order valence-corrected chi connectivity index (χ0v) is 10.0. The Morgan fingerprint density at radius 3 is 2.69 bits per heavy atom. The summed E-state index contributed by atoms with van der Waals surface area (Å²) in [5, 5.41) is 0. The smallest absolute Gasteiger partial charge is 0.0306 e. The molecule has 0 saturated carbocycles. The summed E-state index contributed by atoms with van der Waals surface area (Å²) in [7, 11) is 0. The second kappa shape index (κ2) is 8.39. The molecule has 0 aliphatic heterocycles. The summed E-state index contributed by atoms with van der Waals surface area (Å²) >= 11 is 1.68. The van der Waals surface area contributed by atoms with Gasteiger partial charge in [0.25, 0.3) is 0 Å². The Bertz CT molecular complexity index is 183. The van der Waals surface area contributed by atoms with E-state index in [2.05, 4.69) is 30.1 Å². The van der Waals surface area contributed by atoms with Crippen LogP contribution in [-0.4, -0.2) is 12.8 Å². The molecule has 0 atom stereocenters. The fraction of sp³-hybridized carbons (Fsp3) is 0.636. The summed E-state index contributed by atoms with van der Waals surface area (Å²) < 4.78 is 3.24. The molecule has 1 rings (SSSR count). The van der Waals surface area contributed by atoms with Gasteiger partial charge in [-0.3, -0.25) is 4.72 Å². The number of hydrogen-bond donors (Lipinski definition) is 1. The van der Waals surface area contributed by atoms with Gasteiger partial charge in [-0.05, 0) is 31.6 Å². The van der Waals surface area contributed by atoms with Crippen molar-refractivity contribution in [1.82, 2.24) is 4.72 Å². The van der Waals surface area contributed by atoms with Gasteiger partial charge in [0.05, 0.1) is 0 Å². The molecular weight excluding hydrogens is 178 g/mol. The highest BCUT2D eigenvalue weighted by atomic mass is 32.2. The van der Waals surface area contributed by atoms with Crippen LogP contribution >= 0.6 is 11.9 Å². The van der Waals surface area contributed by atoms with E-state index in [1.54, 1.807) is 11.9 Å². The Morgan fingerprint density at radius 2 is 2.15 bits per heavy atom. The first-order valence-corrected chi connectivity index (χ1v) is 6.17. The minimum atomic E-state index is 0.999. The van der Waals surface area contributed by atoms with Crippen molar-refractivity contribution >= 4 is 11.9 Å². The predicted octanol–water partition coefficient (Wildman–Crippen LogP) is 3.55. The van der Waals surface area contributed by atoms with Crippen molar-refractivity contribution in [2.45, 2.75) is 33.6 Å². The highest BCUT2D eigenvalue weighted by Crippen LogP contribution is 2.15. The van der Waals surface area contributed by atoms with Gasteiger partial charge in [0, 0.05) is 6.54 Å². The molecule has 0 amide bonds. The van der Waals surface area contributed by atoms with Gasteiger partial charge in [-0.15, -0.1) is 0 Å². The van der Waals surface area contributed by atoms with Crippen LogP contribution in [0.4, 0.5) is 0 Å². The van der Waals surface area contributed by atoms with Gasteiger partial charge in [-0.2, -0.15) is 0 Å². The van der Waals surface area contributed by atoms with Crippen LogP contribution in [0.2, 0.25) is 0 Å². The van der Waals surface area contributed by atoms with Crippen LogP contribution in [0.1, 0.15) is 33.6 Å². The third-order valence-corrected chi connectivity index (χ3v) is 2.23. The second-order valence-electron chi connectivity index (χ2n) is 2.83. The van der Waals surface area contributed by atoms with Gasteiger partial charge < -0.3 is 0 Å². The van der Waals surface area contributed by atoms with Crippen LogP contribution in [0.3, 0.4) is 0 Å². The van der Waals surface area contributed by atoms with Crippen molar-refractivity contribution in [3.05, 3.63) is 23.3 Å². The van der Waals surface area contributed by atoms with Crippen LogP contribution in [0.5, 0.6) is 0 Å². The highest BCUT2D eigenvalue weighted by Gasteiger charge is 1.99. The van der Waals surface area contributed by atoms with E-state index in [0.29, 0.717) is 0 Å². The molecule has 1 aliphatic carbocycles. The molecule has 13 heavy (non-hydrogen) atoms. The first-order valence-electron chi connectivity index (χ1n) is 4.95. The summed E-state index contributed by atoms with van der Waals surface area (Å²) in [5.74, 6) is 0. The number of rotatable bonds is 3. The van der Waals surface area contributed by atoms with Crippen molar-refractivity contribution < 1.29 is 0 Å². The summed E-state index contributed by atoms with van der Waals surface area (Å²) in [6.45, 7) is 7.20. The Balaban J connectivity index is 0.000000671. The maximum Gasteiger partial charge on any atom is 0.0306 e. The van der Waals surface area contributed by atoms with Crippen LogP contribution < -0.4 is 4.72 Å². The normalized spacial score (nSPS) is 15.4. The maximum atomic E-state index is 3.24. The molecule has 0 bridgehead atoms. The summed E-state index contributed by atoms with van der Waals surface area (Å²) in [6, 6.07) is 0. The Kier molecular flexibility index (Phi) is 8.26. The van der Waals surface area contributed by atoms with Gasteiger partial charge in [0.15, 0.2) is 0 Å². The predicted molar refractivity (Wildman–Crippen MR) is 63.9 cm³/mol. The lowest BCUT2D eigenvalue weighted by molar-refractivity contribution is 0.922. The SMILES string of the molecule is CC.CSNCC1=CCCC(C)=C1. The standard InChI is InChI=1S/C9H15NS.C2H6/c1-8-4-3-5-9(6-8)7-10-11-2;1-2/h5-6,10H,3-4,7H2,1-2H3;1-2H3. The lowest BCUT2D eigenvalue weighted by Gasteiger charge is -2.10. The monoisotopic (exact) mass is 199 g/mol. The van der Waals surface area contributed by atoms with Crippen molar-refractivity contribution in [3.8, 4) is 0 Å². The molecule has 1 nitrogen and oxygen atoms in total. The van der Waals surface area contributed by atoms with Crippen molar-refractivity contribution in [2.24, 2.45) is 0 Å². The van der Waals surface area contributed by atoms with Gasteiger partial charge in [-0.1, -0.05) is 43.5 Å². The first-order chi connectivity index (χ1) is 6.33. The maximum absolute atomic E-state index is 3.24.